The Morgan fingerprint density at radius 2 is 2.07 bits per heavy atom. The van der Waals surface area contributed by atoms with E-state index in [1.54, 1.807) is 0 Å². The second-order valence-corrected chi connectivity index (χ2v) is 3.34. The molecule has 0 atom stereocenters. The lowest BCUT2D eigenvalue weighted by molar-refractivity contribution is 0.738. The van der Waals surface area contributed by atoms with Crippen molar-refractivity contribution < 1.29 is 0 Å². The average molecular weight is 221 g/mol. The van der Waals surface area contributed by atoms with E-state index < -0.39 is 0 Å². The van der Waals surface area contributed by atoms with Gasteiger partial charge in [-0.05, 0) is 30.2 Å². The molecule has 0 spiro atoms. The lowest BCUT2D eigenvalue weighted by Gasteiger charge is -2.14. The second-order valence-electron chi connectivity index (χ2n) is 3.34. The van der Waals surface area contributed by atoms with Gasteiger partial charge < -0.3 is 5.32 Å². The highest BCUT2D eigenvalue weighted by atomic mass is 35.5. The molecule has 0 radical (unpaired) electrons. The SMILES string of the molecule is Cl.N#Cc1ccccc1C1=CCNCC1. The maximum Gasteiger partial charge on any atom is 0.0998 e. The van der Waals surface area contributed by atoms with Crippen molar-refractivity contribution in [1.82, 2.24) is 5.32 Å². The summed E-state index contributed by atoms with van der Waals surface area (Å²) in [6.07, 6.45) is 3.18. The minimum Gasteiger partial charge on any atom is -0.313 e. The summed E-state index contributed by atoms with van der Waals surface area (Å²) in [7, 11) is 0. The summed E-state index contributed by atoms with van der Waals surface area (Å²) in [5, 5.41) is 12.2. The Hall–Kier alpha value is -1.30. The quantitative estimate of drug-likeness (QED) is 0.789. The van der Waals surface area contributed by atoms with Crippen LogP contribution in [0.5, 0.6) is 0 Å². The maximum absolute atomic E-state index is 8.96. The normalized spacial score (nSPS) is 14.7. The number of halogens is 1. The molecule has 0 fully saturated rings. The van der Waals surface area contributed by atoms with Gasteiger partial charge in [0, 0.05) is 6.54 Å². The first kappa shape index (κ1) is 11.8. The van der Waals surface area contributed by atoms with Gasteiger partial charge >= 0.3 is 0 Å². The summed E-state index contributed by atoms with van der Waals surface area (Å²) in [4.78, 5) is 0. The van der Waals surface area contributed by atoms with E-state index in [1.165, 1.54) is 5.57 Å². The number of hydrogen-bond donors (Lipinski definition) is 1. The molecule has 2 rings (SSSR count). The van der Waals surface area contributed by atoms with E-state index in [1.807, 2.05) is 24.3 Å². The van der Waals surface area contributed by atoms with Crippen molar-refractivity contribution >= 4 is 18.0 Å². The predicted octanol–water partition coefficient (Wildman–Crippen LogP) is 2.36. The van der Waals surface area contributed by atoms with Crippen LogP contribution in [0.25, 0.3) is 5.57 Å². The highest BCUT2D eigenvalue weighted by Crippen LogP contribution is 2.22. The molecule has 78 valence electrons. The standard InChI is InChI=1S/C12H12N2.ClH/c13-9-11-3-1-2-4-12(11)10-5-7-14-8-6-10;/h1-5,14H,6-8H2;1H. The summed E-state index contributed by atoms with van der Waals surface area (Å²) in [5.74, 6) is 0. The first-order valence-corrected chi connectivity index (χ1v) is 4.81. The van der Waals surface area contributed by atoms with E-state index in [0.717, 1.165) is 30.6 Å². The third kappa shape index (κ3) is 2.59. The van der Waals surface area contributed by atoms with Crippen LogP contribution in [-0.2, 0) is 0 Å². The van der Waals surface area contributed by atoms with Gasteiger partial charge in [0.2, 0.25) is 0 Å². The number of nitriles is 1. The van der Waals surface area contributed by atoms with Crippen LogP contribution in [-0.4, -0.2) is 13.1 Å². The summed E-state index contributed by atoms with van der Waals surface area (Å²) in [6, 6.07) is 10.0. The molecule has 1 aromatic rings. The minimum absolute atomic E-state index is 0. The molecular formula is C12H13ClN2. The molecule has 1 aliphatic rings. The number of benzene rings is 1. The van der Waals surface area contributed by atoms with Crippen LogP contribution in [0.1, 0.15) is 17.5 Å². The Labute approximate surface area is 96.0 Å². The van der Waals surface area contributed by atoms with Gasteiger partial charge in [0.25, 0.3) is 0 Å². The van der Waals surface area contributed by atoms with Gasteiger partial charge in [0.1, 0.15) is 0 Å². The smallest absolute Gasteiger partial charge is 0.0998 e. The fourth-order valence-corrected chi connectivity index (χ4v) is 1.73. The van der Waals surface area contributed by atoms with Crippen molar-refractivity contribution in [3.63, 3.8) is 0 Å². The third-order valence-electron chi connectivity index (χ3n) is 2.46. The zero-order valence-electron chi connectivity index (χ0n) is 8.36. The van der Waals surface area contributed by atoms with Gasteiger partial charge in [-0.3, -0.25) is 0 Å². The van der Waals surface area contributed by atoms with Crippen LogP contribution in [0.15, 0.2) is 30.3 Å². The summed E-state index contributed by atoms with van der Waals surface area (Å²) in [5.41, 5.74) is 3.16. The van der Waals surface area contributed by atoms with Crippen LogP contribution >= 0.6 is 12.4 Å². The Kier molecular flexibility index (Phi) is 4.36. The van der Waals surface area contributed by atoms with Gasteiger partial charge in [0.05, 0.1) is 11.6 Å². The van der Waals surface area contributed by atoms with Crippen molar-refractivity contribution in [3.05, 3.63) is 41.5 Å². The van der Waals surface area contributed by atoms with Gasteiger partial charge in [-0.25, -0.2) is 0 Å². The topological polar surface area (TPSA) is 35.8 Å². The Balaban J connectivity index is 0.00000112. The number of rotatable bonds is 1. The lowest BCUT2D eigenvalue weighted by Crippen LogP contribution is -2.20. The minimum atomic E-state index is 0. The molecule has 0 aliphatic carbocycles. The zero-order chi connectivity index (χ0) is 9.80. The van der Waals surface area contributed by atoms with E-state index in [2.05, 4.69) is 17.5 Å². The van der Waals surface area contributed by atoms with Crippen molar-refractivity contribution in [1.29, 1.82) is 5.26 Å². The molecule has 1 aliphatic heterocycles. The van der Waals surface area contributed by atoms with Crippen LogP contribution in [0.4, 0.5) is 0 Å². The van der Waals surface area contributed by atoms with Crippen molar-refractivity contribution in [2.24, 2.45) is 0 Å². The fraction of sp³-hybridized carbons (Fsp3) is 0.250. The van der Waals surface area contributed by atoms with E-state index in [9.17, 15) is 0 Å². The van der Waals surface area contributed by atoms with Crippen LogP contribution in [0.3, 0.4) is 0 Å². The highest BCUT2D eigenvalue weighted by Gasteiger charge is 2.08. The van der Waals surface area contributed by atoms with Crippen LogP contribution in [0.2, 0.25) is 0 Å². The van der Waals surface area contributed by atoms with Crippen molar-refractivity contribution in [2.45, 2.75) is 6.42 Å². The Bertz CT molecular complexity index is 404. The summed E-state index contributed by atoms with van der Waals surface area (Å²) in [6.45, 7) is 1.92. The Morgan fingerprint density at radius 3 is 2.73 bits per heavy atom. The molecule has 0 saturated carbocycles. The van der Waals surface area contributed by atoms with E-state index in [4.69, 9.17) is 5.26 Å². The molecule has 3 heteroatoms. The third-order valence-corrected chi connectivity index (χ3v) is 2.46. The van der Waals surface area contributed by atoms with Gasteiger partial charge in [0.15, 0.2) is 0 Å². The zero-order valence-corrected chi connectivity index (χ0v) is 9.18. The largest absolute Gasteiger partial charge is 0.313 e. The molecular weight excluding hydrogens is 208 g/mol. The summed E-state index contributed by atoms with van der Waals surface area (Å²) < 4.78 is 0. The Morgan fingerprint density at radius 1 is 1.27 bits per heavy atom. The number of nitrogens with one attached hydrogen (secondary N) is 1. The van der Waals surface area contributed by atoms with Gasteiger partial charge in [-0.15, -0.1) is 12.4 Å². The van der Waals surface area contributed by atoms with Crippen molar-refractivity contribution in [2.75, 3.05) is 13.1 Å². The highest BCUT2D eigenvalue weighted by molar-refractivity contribution is 5.85. The monoisotopic (exact) mass is 220 g/mol. The van der Waals surface area contributed by atoms with E-state index in [-0.39, 0.29) is 12.4 Å². The average Bonchev–Trinajstić information content (AvgIpc) is 2.30. The molecule has 0 aromatic heterocycles. The molecule has 1 aromatic carbocycles. The molecule has 0 saturated heterocycles. The summed E-state index contributed by atoms with van der Waals surface area (Å²) >= 11 is 0. The first-order chi connectivity index (χ1) is 6.92. The fourth-order valence-electron chi connectivity index (χ4n) is 1.73. The van der Waals surface area contributed by atoms with E-state index in [0.29, 0.717) is 0 Å². The molecule has 0 amide bonds. The molecule has 15 heavy (non-hydrogen) atoms. The lowest BCUT2D eigenvalue weighted by atomic mass is 9.96. The maximum atomic E-state index is 8.96. The number of nitrogens with zero attached hydrogens (tertiary/aromatic N) is 1. The molecule has 2 nitrogen and oxygen atoms in total. The predicted molar refractivity (Wildman–Crippen MR) is 63.9 cm³/mol. The first-order valence-electron chi connectivity index (χ1n) is 4.81. The van der Waals surface area contributed by atoms with Crippen LogP contribution < -0.4 is 5.32 Å². The van der Waals surface area contributed by atoms with Gasteiger partial charge in [-0.2, -0.15) is 5.26 Å². The van der Waals surface area contributed by atoms with Crippen LogP contribution in [0, 0.1) is 11.3 Å². The molecule has 0 unspecified atom stereocenters. The molecule has 0 bridgehead atoms. The second kappa shape index (κ2) is 5.55. The molecule has 1 N–H and O–H groups in total. The van der Waals surface area contributed by atoms with E-state index >= 15 is 0 Å². The number of hydrogen-bond acceptors (Lipinski definition) is 2. The molecule has 1 heterocycles. The van der Waals surface area contributed by atoms with Crippen molar-refractivity contribution in [3.8, 4) is 6.07 Å². The van der Waals surface area contributed by atoms with Gasteiger partial charge in [-0.1, -0.05) is 24.3 Å².